The Hall–Kier alpha value is -2.30. The Morgan fingerprint density at radius 2 is 1.83 bits per heavy atom. The van der Waals surface area contributed by atoms with Crippen LogP contribution in [0.1, 0.15) is 41.7 Å². The van der Waals surface area contributed by atoms with Gasteiger partial charge in [-0.05, 0) is 23.6 Å². The molecule has 124 valence electrons. The van der Waals surface area contributed by atoms with Crippen molar-refractivity contribution < 1.29 is 10.1 Å². The normalized spacial score (nSPS) is 16.8. The smallest absolute Gasteiger partial charge is 0.165 e. The van der Waals surface area contributed by atoms with Crippen molar-refractivity contribution >= 4 is 11.4 Å². The van der Waals surface area contributed by atoms with Gasteiger partial charge in [-0.15, -0.1) is 0 Å². The van der Waals surface area contributed by atoms with Gasteiger partial charge in [-0.1, -0.05) is 49.4 Å². The predicted molar refractivity (Wildman–Crippen MR) is 95.4 cm³/mol. The molecular formula is C20H24N3O+. The van der Waals surface area contributed by atoms with E-state index in [0.29, 0.717) is 0 Å². The van der Waals surface area contributed by atoms with E-state index in [4.69, 9.17) is 10.3 Å². The van der Waals surface area contributed by atoms with Crippen molar-refractivity contribution in [2.45, 2.75) is 25.9 Å². The van der Waals surface area contributed by atoms with Crippen LogP contribution in [0.2, 0.25) is 0 Å². The maximum atomic E-state index is 7.81. The van der Waals surface area contributed by atoms with Gasteiger partial charge in [0.1, 0.15) is 0 Å². The highest BCUT2D eigenvalue weighted by molar-refractivity contribution is 5.88. The molecule has 0 spiro atoms. The first-order valence-electron chi connectivity index (χ1n) is 8.45. The van der Waals surface area contributed by atoms with Gasteiger partial charge in [-0.3, -0.25) is 0 Å². The van der Waals surface area contributed by atoms with Gasteiger partial charge in [0.15, 0.2) is 11.4 Å². The van der Waals surface area contributed by atoms with Gasteiger partial charge < -0.3 is 10.1 Å². The molecule has 0 amide bonds. The van der Waals surface area contributed by atoms with Crippen LogP contribution in [0.4, 0.5) is 0 Å². The van der Waals surface area contributed by atoms with Crippen molar-refractivity contribution in [3.05, 3.63) is 70.8 Å². The van der Waals surface area contributed by atoms with Gasteiger partial charge in [-0.25, -0.2) is 5.53 Å². The minimum Gasteiger partial charge on any atom is -0.376 e. The van der Waals surface area contributed by atoms with Crippen LogP contribution < -0.4 is 5.32 Å². The lowest BCUT2D eigenvalue weighted by Crippen LogP contribution is -2.81. The number of benzene rings is 2. The molecule has 1 aliphatic carbocycles. The summed E-state index contributed by atoms with van der Waals surface area (Å²) in [7, 11) is 1.76. The molecule has 0 saturated heterocycles. The zero-order valence-corrected chi connectivity index (χ0v) is 14.3. The minimum atomic E-state index is -0.000315. The van der Waals surface area contributed by atoms with E-state index in [9.17, 15) is 0 Å². The zero-order valence-electron chi connectivity index (χ0n) is 14.3. The molecule has 2 aromatic carbocycles. The Morgan fingerprint density at radius 1 is 1.12 bits per heavy atom. The van der Waals surface area contributed by atoms with E-state index in [0.717, 1.165) is 47.5 Å². The van der Waals surface area contributed by atoms with Crippen LogP contribution in [0.15, 0.2) is 53.6 Å². The van der Waals surface area contributed by atoms with Crippen LogP contribution in [0.3, 0.4) is 0 Å². The highest BCUT2D eigenvalue weighted by atomic mass is 16.5. The number of hydrogen-bond donors (Lipinski definition) is 2. The van der Waals surface area contributed by atoms with Crippen LogP contribution in [-0.2, 0) is 11.2 Å². The van der Waals surface area contributed by atoms with Crippen molar-refractivity contribution in [3.8, 4) is 0 Å². The van der Waals surface area contributed by atoms with E-state index in [-0.39, 0.29) is 6.10 Å². The maximum absolute atomic E-state index is 7.81. The van der Waals surface area contributed by atoms with Crippen molar-refractivity contribution in [1.82, 2.24) is 0 Å². The summed E-state index contributed by atoms with van der Waals surface area (Å²) in [6.45, 7) is 3.12. The van der Waals surface area contributed by atoms with Gasteiger partial charge in [0.2, 0.25) is 0 Å². The number of rotatable bonds is 5. The number of hydrogen-bond acceptors (Lipinski definition) is 3. The molecule has 0 heterocycles. The molecule has 1 unspecified atom stereocenters. The van der Waals surface area contributed by atoms with E-state index in [2.05, 4.69) is 41.6 Å². The first-order valence-corrected chi connectivity index (χ1v) is 8.45. The molecule has 0 aliphatic heterocycles. The van der Waals surface area contributed by atoms with Crippen LogP contribution in [0, 0.1) is 5.53 Å². The third-order valence-electron chi connectivity index (χ3n) is 4.56. The Morgan fingerprint density at radius 3 is 2.54 bits per heavy atom. The van der Waals surface area contributed by atoms with Gasteiger partial charge in [0.05, 0.1) is 12.6 Å². The molecule has 1 atom stereocenters. The number of fused-ring (bicyclic) bond motifs is 2. The number of quaternary nitrogens is 1. The molecule has 0 saturated carbocycles. The Bertz CT molecular complexity index is 767. The van der Waals surface area contributed by atoms with E-state index < -0.39 is 0 Å². The first-order chi connectivity index (χ1) is 11.8. The third kappa shape index (κ3) is 3.03. The lowest BCUT2D eigenvalue weighted by Gasteiger charge is -2.24. The quantitative estimate of drug-likeness (QED) is 0.809. The molecule has 2 aromatic rings. The predicted octanol–water partition coefficient (Wildman–Crippen LogP) is 3.76. The summed E-state index contributed by atoms with van der Waals surface area (Å²) in [5.74, 6) is 0. The average Bonchev–Trinajstić information content (AvgIpc) is 2.62. The van der Waals surface area contributed by atoms with Crippen molar-refractivity contribution in [3.63, 3.8) is 0 Å². The molecule has 24 heavy (non-hydrogen) atoms. The van der Waals surface area contributed by atoms with Crippen molar-refractivity contribution in [2.24, 2.45) is 5.11 Å². The van der Waals surface area contributed by atoms with Crippen LogP contribution in [-0.4, -0.2) is 13.7 Å². The molecule has 3 N–H and O–H groups in total. The number of ether oxygens (including phenoxy) is 1. The fraction of sp³-hybridized carbons (Fsp3) is 0.300. The van der Waals surface area contributed by atoms with Crippen molar-refractivity contribution in [1.29, 1.82) is 5.53 Å². The first kappa shape index (κ1) is 16.6. The molecule has 1 aliphatic rings. The van der Waals surface area contributed by atoms with Crippen LogP contribution >= 0.6 is 0 Å². The molecule has 0 radical (unpaired) electrons. The SMILES string of the molecule is CCC[NH2+]C1=C(N=N)c2ccccc2CC(OC)c2ccccc21. The topological polar surface area (TPSA) is 62.0 Å². The molecule has 0 bridgehead atoms. The lowest BCUT2D eigenvalue weighted by atomic mass is 9.88. The largest absolute Gasteiger partial charge is 0.376 e. The Kier molecular flexibility index (Phi) is 5.18. The third-order valence-corrected chi connectivity index (χ3v) is 4.56. The van der Waals surface area contributed by atoms with Crippen LogP contribution in [0.5, 0.6) is 0 Å². The van der Waals surface area contributed by atoms with E-state index >= 15 is 0 Å². The summed E-state index contributed by atoms with van der Waals surface area (Å²) in [5.41, 5.74) is 14.1. The van der Waals surface area contributed by atoms with E-state index in [1.807, 2.05) is 24.3 Å². The lowest BCUT2D eigenvalue weighted by molar-refractivity contribution is -0.562. The second-order valence-electron chi connectivity index (χ2n) is 6.04. The summed E-state index contributed by atoms with van der Waals surface area (Å²) in [6, 6.07) is 16.5. The highest BCUT2D eigenvalue weighted by Crippen LogP contribution is 2.36. The Labute approximate surface area is 143 Å². The number of methoxy groups -OCH3 is 1. The summed E-state index contributed by atoms with van der Waals surface area (Å²) in [4.78, 5) is 0. The van der Waals surface area contributed by atoms with Gasteiger partial charge in [0, 0.05) is 24.7 Å². The average molecular weight is 322 g/mol. The molecule has 0 fully saturated rings. The number of nitrogens with zero attached hydrogens (tertiary/aromatic N) is 1. The second kappa shape index (κ2) is 7.51. The van der Waals surface area contributed by atoms with Crippen molar-refractivity contribution in [2.75, 3.05) is 13.7 Å². The summed E-state index contributed by atoms with van der Waals surface area (Å²) in [5, 5.41) is 6.14. The maximum Gasteiger partial charge on any atom is 0.165 e. The molecule has 0 aromatic heterocycles. The fourth-order valence-electron chi connectivity index (χ4n) is 3.36. The second-order valence-corrected chi connectivity index (χ2v) is 6.04. The summed E-state index contributed by atoms with van der Waals surface area (Å²) in [6.07, 6.45) is 1.84. The van der Waals surface area contributed by atoms with E-state index in [1.165, 1.54) is 5.56 Å². The van der Waals surface area contributed by atoms with Gasteiger partial charge in [0.25, 0.3) is 0 Å². The molecule has 4 heteroatoms. The minimum absolute atomic E-state index is 0.000315. The molecule has 4 nitrogen and oxygen atoms in total. The summed E-state index contributed by atoms with van der Waals surface area (Å²) < 4.78 is 5.82. The van der Waals surface area contributed by atoms with Gasteiger partial charge >= 0.3 is 0 Å². The van der Waals surface area contributed by atoms with E-state index in [1.54, 1.807) is 7.11 Å². The highest BCUT2D eigenvalue weighted by Gasteiger charge is 2.27. The monoisotopic (exact) mass is 322 g/mol. The fourth-order valence-corrected chi connectivity index (χ4v) is 3.36. The standard InChI is InChI=1S/C20H23N3O/c1-3-12-22-19-17-11-7-6-10-16(17)18(24-2)13-14-8-4-5-9-15(14)20(19)23-21/h4-11,18,21-22H,3,12-13H2,1-2H3/p+1. The number of nitrogens with two attached hydrogens (primary N) is 1. The zero-order chi connectivity index (χ0) is 16.9. The number of nitrogens with one attached hydrogen (secondary N) is 1. The molecule has 3 rings (SSSR count). The van der Waals surface area contributed by atoms with Crippen LogP contribution in [0.25, 0.3) is 11.4 Å². The summed E-state index contributed by atoms with van der Waals surface area (Å²) >= 11 is 0. The molecular weight excluding hydrogens is 298 g/mol. The van der Waals surface area contributed by atoms with Gasteiger partial charge in [-0.2, -0.15) is 5.11 Å². The Balaban J connectivity index is 2.30.